The Kier molecular flexibility index (Phi) is 3.36. The lowest BCUT2D eigenvalue weighted by atomic mass is 10.2. The van der Waals surface area contributed by atoms with Gasteiger partial charge in [-0.1, -0.05) is 6.07 Å². The van der Waals surface area contributed by atoms with Crippen molar-refractivity contribution in [3.05, 3.63) is 45.9 Å². The fourth-order valence-corrected chi connectivity index (χ4v) is 3.13. The van der Waals surface area contributed by atoms with Crippen LogP contribution in [0.15, 0.2) is 34.6 Å². The van der Waals surface area contributed by atoms with Crippen LogP contribution < -0.4 is 5.32 Å². The molecule has 1 unspecified atom stereocenters. The van der Waals surface area contributed by atoms with Gasteiger partial charge in [0, 0.05) is 18.0 Å². The van der Waals surface area contributed by atoms with Crippen LogP contribution >= 0.6 is 22.7 Å². The van der Waals surface area contributed by atoms with Crippen molar-refractivity contribution in [2.45, 2.75) is 19.5 Å². The Hall–Kier alpha value is -1.30. The van der Waals surface area contributed by atoms with Gasteiger partial charge in [-0.3, -0.25) is 0 Å². The minimum atomic E-state index is 0.280. The maximum atomic E-state index is 4.34. The quantitative estimate of drug-likeness (QED) is 0.790. The third-order valence-electron chi connectivity index (χ3n) is 2.90. The van der Waals surface area contributed by atoms with Gasteiger partial charge in [-0.25, -0.2) is 9.97 Å². The molecule has 1 aromatic carbocycles. The molecule has 0 aliphatic rings. The zero-order valence-electron chi connectivity index (χ0n) is 9.96. The standard InChI is InChI=1S/C13H13N3S2/c1-9(12-6-17-7-15-12)14-5-10-2-3-13-11(4-10)16-8-18-13/h2-4,6-9,14H,5H2,1H3. The van der Waals surface area contributed by atoms with Gasteiger partial charge in [0.1, 0.15) is 0 Å². The number of nitrogens with zero attached hydrogens (tertiary/aromatic N) is 2. The van der Waals surface area contributed by atoms with Crippen molar-refractivity contribution in [3.63, 3.8) is 0 Å². The third-order valence-corrected chi connectivity index (χ3v) is 4.32. The van der Waals surface area contributed by atoms with Crippen molar-refractivity contribution in [2.75, 3.05) is 0 Å². The first-order valence-electron chi connectivity index (χ1n) is 5.76. The highest BCUT2D eigenvalue weighted by Gasteiger charge is 2.06. The molecule has 1 N–H and O–H groups in total. The number of aromatic nitrogens is 2. The van der Waals surface area contributed by atoms with Crippen molar-refractivity contribution in [1.29, 1.82) is 0 Å². The van der Waals surface area contributed by atoms with E-state index in [1.807, 2.05) is 11.0 Å². The molecule has 0 radical (unpaired) electrons. The molecule has 0 bridgehead atoms. The van der Waals surface area contributed by atoms with Crippen LogP contribution in [0.5, 0.6) is 0 Å². The molecular formula is C13H13N3S2. The highest BCUT2D eigenvalue weighted by atomic mass is 32.1. The van der Waals surface area contributed by atoms with E-state index < -0.39 is 0 Å². The second kappa shape index (κ2) is 5.14. The Morgan fingerprint density at radius 3 is 3.06 bits per heavy atom. The van der Waals surface area contributed by atoms with Crippen molar-refractivity contribution < 1.29 is 0 Å². The van der Waals surface area contributed by atoms with E-state index in [1.165, 1.54) is 10.3 Å². The van der Waals surface area contributed by atoms with E-state index in [0.717, 1.165) is 17.8 Å². The Morgan fingerprint density at radius 2 is 2.22 bits per heavy atom. The fraction of sp³-hybridized carbons (Fsp3) is 0.231. The molecular weight excluding hydrogens is 262 g/mol. The van der Waals surface area contributed by atoms with Crippen LogP contribution in [0.4, 0.5) is 0 Å². The molecule has 18 heavy (non-hydrogen) atoms. The third kappa shape index (κ3) is 2.43. The predicted octanol–water partition coefficient (Wildman–Crippen LogP) is 3.60. The Balaban J connectivity index is 1.69. The molecule has 0 amide bonds. The lowest BCUT2D eigenvalue weighted by molar-refractivity contribution is 0.564. The molecule has 2 aromatic heterocycles. The smallest absolute Gasteiger partial charge is 0.0815 e. The van der Waals surface area contributed by atoms with Crippen molar-refractivity contribution in [2.24, 2.45) is 0 Å². The summed E-state index contributed by atoms with van der Waals surface area (Å²) >= 11 is 3.31. The van der Waals surface area contributed by atoms with E-state index in [-0.39, 0.29) is 6.04 Å². The minimum Gasteiger partial charge on any atom is -0.305 e. The first-order valence-corrected chi connectivity index (χ1v) is 7.59. The van der Waals surface area contributed by atoms with Crippen LogP contribution in [0.25, 0.3) is 10.2 Å². The second-order valence-electron chi connectivity index (χ2n) is 4.17. The van der Waals surface area contributed by atoms with Crippen LogP contribution in [-0.4, -0.2) is 9.97 Å². The number of hydrogen-bond acceptors (Lipinski definition) is 5. The molecule has 0 saturated carbocycles. The molecule has 0 aliphatic carbocycles. The van der Waals surface area contributed by atoms with E-state index in [1.54, 1.807) is 22.7 Å². The van der Waals surface area contributed by atoms with E-state index in [0.29, 0.717) is 0 Å². The average molecular weight is 275 g/mol. The van der Waals surface area contributed by atoms with Gasteiger partial charge >= 0.3 is 0 Å². The van der Waals surface area contributed by atoms with Gasteiger partial charge in [0.05, 0.1) is 26.9 Å². The highest BCUT2D eigenvalue weighted by molar-refractivity contribution is 7.16. The zero-order chi connectivity index (χ0) is 12.4. The number of hydrogen-bond donors (Lipinski definition) is 1. The normalized spacial score (nSPS) is 12.9. The largest absolute Gasteiger partial charge is 0.305 e. The first kappa shape index (κ1) is 11.8. The van der Waals surface area contributed by atoms with Crippen molar-refractivity contribution in [3.8, 4) is 0 Å². The van der Waals surface area contributed by atoms with Crippen LogP contribution in [0.2, 0.25) is 0 Å². The summed E-state index contributed by atoms with van der Waals surface area (Å²) in [6, 6.07) is 6.72. The van der Waals surface area contributed by atoms with Crippen LogP contribution in [0, 0.1) is 0 Å². The monoisotopic (exact) mass is 275 g/mol. The SMILES string of the molecule is CC(NCc1ccc2scnc2c1)c1cscn1. The Morgan fingerprint density at radius 1 is 1.28 bits per heavy atom. The molecule has 0 fully saturated rings. The first-order chi connectivity index (χ1) is 8.83. The lowest BCUT2D eigenvalue weighted by Gasteiger charge is -2.11. The van der Waals surface area contributed by atoms with E-state index >= 15 is 0 Å². The zero-order valence-corrected chi connectivity index (χ0v) is 11.6. The summed E-state index contributed by atoms with van der Waals surface area (Å²) in [7, 11) is 0. The summed E-state index contributed by atoms with van der Waals surface area (Å²) in [4.78, 5) is 8.65. The molecule has 3 nitrogen and oxygen atoms in total. The molecule has 3 rings (SSSR count). The van der Waals surface area contributed by atoms with E-state index in [2.05, 4.69) is 45.8 Å². The summed E-state index contributed by atoms with van der Waals surface area (Å²) in [6.45, 7) is 2.97. The summed E-state index contributed by atoms with van der Waals surface area (Å²) in [5, 5.41) is 5.56. The fourth-order valence-electron chi connectivity index (χ4n) is 1.82. The molecule has 0 spiro atoms. The minimum absolute atomic E-state index is 0.280. The van der Waals surface area contributed by atoms with E-state index in [4.69, 9.17) is 0 Å². The molecule has 3 aromatic rings. The molecule has 0 aliphatic heterocycles. The topological polar surface area (TPSA) is 37.8 Å². The Bertz CT molecular complexity index is 631. The van der Waals surface area contributed by atoms with Gasteiger partial charge in [-0.15, -0.1) is 22.7 Å². The summed E-state index contributed by atoms with van der Waals surface area (Å²) < 4.78 is 1.24. The number of nitrogens with one attached hydrogen (secondary N) is 1. The molecule has 5 heteroatoms. The number of thiazole rings is 2. The van der Waals surface area contributed by atoms with Gasteiger partial charge in [0.25, 0.3) is 0 Å². The number of fused-ring (bicyclic) bond motifs is 1. The summed E-state index contributed by atoms with van der Waals surface area (Å²) in [6.07, 6.45) is 0. The van der Waals surface area contributed by atoms with Crippen LogP contribution in [-0.2, 0) is 6.54 Å². The maximum absolute atomic E-state index is 4.34. The second-order valence-corrected chi connectivity index (χ2v) is 5.78. The molecule has 92 valence electrons. The average Bonchev–Trinajstić information content (AvgIpc) is 3.05. The van der Waals surface area contributed by atoms with Crippen LogP contribution in [0.1, 0.15) is 24.2 Å². The molecule has 1 atom stereocenters. The van der Waals surface area contributed by atoms with Crippen LogP contribution in [0.3, 0.4) is 0 Å². The van der Waals surface area contributed by atoms with Gasteiger partial charge < -0.3 is 5.32 Å². The molecule has 2 heterocycles. The highest BCUT2D eigenvalue weighted by Crippen LogP contribution is 2.19. The maximum Gasteiger partial charge on any atom is 0.0815 e. The number of benzene rings is 1. The van der Waals surface area contributed by atoms with Gasteiger partial charge in [-0.05, 0) is 24.6 Å². The predicted molar refractivity (Wildman–Crippen MR) is 77.0 cm³/mol. The summed E-state index contributed by atoms with van der Waals surface area (Å²) in [5.41, 5.74) is 7.21. The molecule has 0 saturated heterocycles. The Labute approximate surface area is 114 Å². The van der Waals surface area contributed by atoms with Gasteiger partial charge in [0.2, 0.25) is 0 Å². The van der Waals surface area contributed by atoms with E-state index in [9.17, 15) is 0 Å². The van der Waals surface area contributed by atoms with Crippen molar-refractivity contribution in [1.82, 2.24) is 15.3 Å². The van der Waals surface area contributed by atoms with Gasteiger partial charge in [0.15, 0.2) is 0 Å². The number of rotatable bonds is 4. The lowest BCUT2D eigenvalue weighted by Crippen LogP contribution is -2.18. The van der Waals surface area contributed by atoms with Gasteiger partial charge in [-0.2, -0.15) is 0 Å². The summed E-state index contributed by atoms with van der Waals surface area (Å²) in [5.74, 6) is 0. The van der Waals surface area contributed by atoms with Crippen molar-refractivity contribution >= 4 is 32.9 Å².